The van der Waals surface area contributed by atoms with Gasteiger partial charge < -0.3 is 15.5 Å². The number of ketones is 1. The van der Waals surface area contributed by atoms with Crippen LogP contribution in [0.1, 0.15) is 84.0 Å². The molecule has 0 rings (SSSR count). The molecule has 6 nitrogen and oxygen atoms in total. The highest BCUT2D eigenvalue weighted by molar-refractivity contribution is 5.99. The van der Waals surface area contributed by atoms with Gasteiger partial charge >= 0.3 is 5.97 Å². The zero-order valence-electron chi connectivity index (χ0n) is 16.0. The Labute approximate surface area is 157 Å². The maximum atomic E-state index is 11.8. The van der Waals surface area contributed by atoms with Crippen LogP contribution in [0, 0.1) is 0 Å². The van der Waals surface area contributed by atoms with Crippen LogP contribution in [0.2, 0.25) is 0 Å². The molecule has 6 heteroatoms. The molecule has 0 aromatic carbocycles. The van der Waals surface area contributed by atoms with Crippen LogP contribution in [0.4, 0.5) is 0 Å². The number of aliphatic hydroxyl groups is 1. The number of Topliss-reactive ketones (excluding diaryl/α,β-unsaturated/α-hetero) is 1. The fourth-order valence-corrected chi connectivity index (χ4v) is 2.57. The second-order valence-corrected chi connectivity index (χ2v) is 6.61. The van der Waals surface area contributed by atoms with Gasteiger partial charge in [-0.1, -0.05) is 51.2 Å². The van der Waals surface area contributed by atoms with Gasteiger partial charge in [0.2, 0.25) is 5.91 Å². The number of carboxylic acid groups (broad SMARTS) is 1. The average molecular weight is 370 g/mol. The zero-order valence-corrected chi connectivity index (χ0v) is 16.0. The molecule has 0 bridgehead atoms. The van der Waals surface area contributed by atoms with Crippen LogP contribution in [0.15, 0.2) is 12.2 Å². The summed E-state index contributed by atoms with van der Waals surface area (Å²) in [5, 5.41) is 19.9. The summed E-state index contributed by atoms with van der Waals surface area (Å²) in [6.07, 6.45) is 14.4. The normalized spacial score (nSPS) is 12.2. The van der Waals surface area contributed by atoms with Crippen molar-refractivity contribution in [3.05, 3.63) is 12.2 Å². The second-order valence-electron chi connectivity index (χ2n) is 6.61. The fourth-order valence-electron chi connectivity index (χ4n) is 2.57. The Bertz CT molecular complexity index is 434. The average Bonchev–Trinajstić information content (AvgIpc) is 2.59. The maximum absolute atomic E-state index is 11.8. The predicted molar refractivity (Wildman–Crippen MR) is 102 cm³/mol. The molecule has 0 aliphatic heterocycles. The Kier molecular flexibility index (Phi) is 15.7. The molecule has 0 fully saturated rings. The fraction of sp³-hybridized carbons (Fsp3) is 0.750. The predicted octanol–water partition coefficient (Wildman–Crippen LogP) is 3.37. The molecular weight excluding hydrogens is 334 g/mol. The Morgan fingerprint density at radius 1 is 0.962 bits per heavy atom. The van der Waals surface area contributed by atoms with Crippen molar-refractivity contribution < 1.29 is 24.6 Å². The first-order valence-electron chi connectivity index (χ1n) is 9.81. The van der Waals surface area contributed by atoms with Crippen LogP contribution in [0.25, 0.3) is 0 Å². The SMILES string of the molecule is CCCCC=CCCCCCCCC(=O)CC(=O)N[C@@H](CCO)C(=O)O. The zero-order chi connectivity index (χ0) is 19.6. The van der Waals surface area contributed by atoms with Gasteiger partial charge in [-0.25, -0.2) is 4.79 Å². The van der Waals surface area contributed by atoms with E-state index in [0.717, 1.165) is 32.1 Å². The van der Waals surface area contributed by atoms with E-state index in [0.29, 0.717) is 6.42 Å². The number of amides is 1. The van der Waals surface area contributed by atoms with E-state index < -0.39 is 17.9 Å². The molecule has 0 radical (unpaired) electrons. The van der Waals surface area contributed by atoms with Crippen molar-refractivity contribution in [3.8, 4) is 0 Å². The van der Waals surface area contributed by atoms with E-state index in [1.165, 1.54) is 25.7 Å². The van der Waals surface area contributed by atoms with E-state index in [2.05, 4.69) is 24.4 Å². The summed E-state index contributed by atoms with van der Waals surface area (Å²) < 4.78 is 0. The lowest BCUT2D eigenvalue weighted by molar-refractivity contribution is -0.143. The largest absolute Gasteiger partial charge is 0.480 e. The van der Waals surface area contributed by atoms with E-state index in [-0.39, 0.29) is 25.2 Å². The molecule has 0 heterocycles. The molecule has 0 aliphatic carbocycles. The van der Waals surface area contributed by atoms with Crippen molar-refractivity contribution in [2.75, 3.05) is 6.61 Å². The van der Waals surface area contributed by atoms with Gasteiger partial charge in [-0.15, -0.1) is 0 Å². The number of hydrogen-bond donors (Lipinski definition) is 3. The molecule has 3 N–H and O–H groups in total. The highest BCUT2D eigenvalue weighted by atomic mass is 16.4. The lowest BCUT2D eigenvalue weighted by atomic mass is 10.1. The molecule has 0 unspecified atom stereocenters. The Hall–Kier alpha value is -1.69. The molecule has 0 aromatic heterocycles. The van der Waals surface area contributed by atoms with Gasteiger partial charge in [-0.05, 0) is 25.7 Å². The number of nitrogens with one attached hydrogen (secondary N) is 1. The quantitative estimate of drug-likeness (QED) is 0.207. The van der Waals surface area contributed by atoms with Crippen molar-refractivity contribution in [2.45, 2.75) is 90.0 Å². The second kappa shape index (κ2) is 16.8. The Morgan fingerprint density at radius 2 is 1.58 bits per heavy atom. The van der Waals surface area contributed by atoms with Crippen molar-refractivity contribution in [1.82, 2.24) is 5.32 Å². The van der Waals surface area contributed by atoms with Crippen LogP contribution < -0.4 is 5.32 Å². The molecule has 1 amide bonds. The molecule has 0 saturated carbocycles. The number of carbonyl (C=O) groups is 3. The highest BCUT2D eigenvalue weighted by Crippen LogP contribution is 2.09. The number of aliphatic carboxylic acids is 1. The van der Waals surface area contributed by atoms with Crippen molar-refractivity contribution in [3.63, 3.8) is 0 Å². The third kappa shape index (κ3) is 14.6. The van der Waals surface area contributed by atoms with Crippen LogP contribution in [0.3, 0.4) is 0 Å². The minimum Gasteiger partial charge on any atom is -0.480 e. The summed E-state index contributed by atoms with van der Waals surface area (Å²) in [4.78, 5) is 34.3. The minimum absolute atomic E-state index is 0.0664. The Morgan fingerprint density at radius 3 is 2.19 bits per heavy atom. The lowest BCUT2D eigenvalue weighted by Gasteiger charge is -2.12. The standard InChI is InChI=1S/C20H35NO5/c1-2-3-4-5-6-7-8-9-10-11-12-13-17(23)16-19(24)21-18(14-15-22)20(25)26/h5-6,18,22H,2-4,7-16H2,1H3,(H,21,24)(H,25,26)/t18-/m0/s1. The van der Waals surface area contributed by atoms with Gasteiger partial charge in [0.05, 0.1) is 6.42 Å². The first kappa shape index (κ1) is 24.3. The van der Waals surface area contributed by atoms with E-state index in [1.54, 1.807) is 0 Å². The topological polar surface area (TPSA) is 104 Å². The molecular formula is C20H35NO5. The van der Waals surface area contributed by atoms with E-state index in [4.69, 9.17) is 10.2 Å². The number of unbranched alkanes of at least 4 members (excludes halogenated alkanes) is 7. The molecule has 26 heavy (non-hydrogen) atoms. The summed E-state index contributed by atoms with van der Waals surface area (Å²) in [5.41, 5.74) is 0. The van der Waals surface area contributed by atoms with E-state index in [9.17, 15) is 14.4 Å². The van der Waals surface area contributed by atoms with Gasteiger partial charge in [-0.2, -0.15) is 0 Å². The number of allylic oxidation sites excluding steroid dienone is 2. The van der Waals surface area contributed by atoms with E-state index >= 15 is 0 Å². The number of aliphatic hydroxyl groups excluding tert-OH is 1. The molecule has 0 aliphatic rings. The lowest BCUT2D eigenvalue weighted by Crippen LogP contribution is -2.42. The summed E-state index contributed by atoms with van der Waals surface area (Å²) in [6.45, 7) is 1.86. The number of hydrogen-bond acceptors (Lipinski definition) is 4. The van der Waals surface area contributed by atoms with Gasteiger partial charge in [0.1, 0.15) is 11.8 Å². The molecule has 150 valence electrons. The monoisotopic (exact) mass is 369 g/mol. The molecule has 0 aromatic rings. The number of rotatable bonds is 17. The first-order valence-corrected chi connectivity index (χ1v) is 9.81. The van der Waals surface area contributed by atoms with Crippen molar-refractivity contribution >= 4 is 17.7 Å². The van der Waals surface area contributed by atoms with Crippen LogP contribution in [-0.2, 0) is 14.4 Å². The third-order valence-corrected chi connectivity index (χ3v) is 4.13. The highest BCUT2D eigenvalue weighted by Gasteiger charge is 2.20. The third-order valence-electron chi connectivity index (χ3n) is 4.13. The van der Waals surface area contributed by atoms with Gasteiger partial charge in [-0.3, -0.25) is 9.59 Å². The number of carbonyl (C=O) groups excluding carboxylic acids is 2. The molecule has 0 spiro atoms. The van der Waals surface area contributed by atoms with Gasteiger partial charge in [0.15, 0.2) is 0 Å². The minimum atomic E-state index is -1.21. The Balaban J connectivity index is 3.66. The molecule has 1 atom stereocenters. The number of carboxylic acids is 1. The molecule has 0 saturated heterocycles. The van der Waals surface area contributed by atoms with Gasteiger partial charge in [0, 0.05) is 19.4 Å². The van der Waals surface area contributed by atoms with Crippen molar-refractivity contribution in [2.24, 2.45) is 0 Å². The maximum Gasteiger partial charge on any atom is 0.326 e. The van der Waals surface area contributed by atoms with Gasteiger partial charge in [0.25, 0.3) is 0 Å². The van der Waals surface area contributed by atoms with Crippen LogP contribution >= 0.6 is 0 Å². The summed E-state index contributed by atoms with van der Waals surface area (Å²) in [5.74, 6) is -1.97. The smallest absolute Gasteiger partial charge is 0.326 e. The summed E-state index contributed by atoms with van der Waals surface area (Å²) in [6, 6.07) is -1.14. The first-order chi connectivity index (χ1) is 12.5. The summed E-state index contributed by atoms with van der Waals surface area (Å²) in [7, 11) is 0. The van der Waals surface area contributed by atoms with E-state index in [1.807, 2.05) is 0 Å². The van der Waals surface area contributed by atoms with Crippen LogP contribution in [0.5, 0.6) is 0 Å². The van der Waals surface area contributed by atoms with Crippen molar-refractivity contribution in [1.29, 1.82) is 0 Å². The van der Waals surface area contributed by atoms with Crippen LogP contribution in [-0.4, -0.2) is 40.5 Å². The summed E-state index contributed by atoms with van der Waals surface area (Å²) >= 11 is 0.